The zero-order valence-electron chi connectivity index (χ0n) is 19.5. The summed E-state index contributed by atoms with van der Waals surface area (Å²) in [5.74, 6) is 1.86. The predicted octanol–water partition coefficient (Wildman–Crippen LogP) is 4.97. The Hall–Kier alpha value is -4.26. The highest BCUT2D eigenvalue weighted by atomic mass is 16.5. The number of methoxy groups -OCH3 is 1. The fraction of sp³-hybridized carbons (Fsp3) is 0.214. The van der Waals surface area contributed by atoms with E-state index in [4.69, 9.17) is 9.72 Å². The molecule has 2 aromatic carbocycles. The molecule has 0 bridgehead atoms. The first-order valence-electron chi connectivity index (χ1n) is 11.8. The Balaban J connectivity index is 1.36. The smallest absolute Gasteiger partial charge is 0.254 e. The minimum Gasteiger partial charge on any atom is -0.497 e. The average Bonchev–Trinajstić information content (AvgIpc) is 3.36. The molecular formula is C28H25N5O2. The van der Waals surface area contributed by atoms with Gasteiger partial charge in [0.05, 0.1) is 23.9 Å². The number of carbonyl (C=O) groups excluding carboxylic acids is 1. The zero-order valence-corrected chi connectivity index (χ0v) is 19.5. The monoisotopic (exact) mass is 463 g/mol. The second-order valence-electron chi connectivity index (χ2n) is 8.88. The van der Waals surface area contributed by atoms with Crippen LogP contribution in [0.3, 0.4) is 0 Å². The third kappa shape index (κ3) is 3.89. The minimum atomic E-state index is 0.0249. The highest BCUT2D eigenvalue weighted by molar-refractivity contribution is 6.07. The van der Waals surface area contributed by atoms with Gasteiger partial charge in [0.1, 0.15) is 11.6 Å². The summed E-state index contributed by atoms with van der Waals surface area (Å²) < 4.78 is 7.32. The Labute approximate surface area is 203 Å². The van der Waals surface area contributed by atoms with E-state index in [2.05, 4.69) is 10.2 Å². The summed E-state index contributed by atoms with van der Waals surface area (Å²) in [6.45, 7) is 1.34. The van der Waals surface area contributed by atoms with Gasteiger partial charge in [-0.2, -0.15) is 0 Å². The molecule has 0 saturated carbocycles. The molecule has 174 valence electrons. The van der Waals surface area contributed by atoms with Crippen molar-refractivity contribution in [2.45, 2.75) is 18.8 Å². The van der Waals surface area contributed by atoms with Crippen LogP contribution in [0.15, 0.2) is 79.0 Å². The molecule has 1 aliphatic heterocycles. The quantitative estimate of drug-likeness (QED) is 0.376. The van der Waals surface area contributed by atoms with Crippen molar-refractivity contribution in [3.8, 4) is 17.0 Å². The van der Waals surface area contributed by atoms with Crippen LogP contribution in [-0.2, 0) is 0 Å². The molecule has 1 amide bonds. The van der Waals surface area contributed by atoms with Crippen molar-refractivity contribution in [1.29, 1.82) is 0 Å². The van der Waals surface area contributed by atoms with Gasteiger partial charge in [0.15, 0.2) is 5.65 Å². The number of nitrogens with zero attached hydrogens (tertiary/aromatic N) is 5. The highest BCUT2D eigenvalue weighted by Gasteiger charge is 2.29. The third-order valence-corrected chi connectivity index (χ3v) is 6.75. The summed E-state index contributed by atoms with van der Waals surface area (Å²) in [7, 11) is 1.65. The van der Waals surface area contributed by atoms with Gasteiger partial charge in [-0.25, -0.2) is 4.98 Å². The van der Waals surface area contributed by atoms with Gasteiger partial charge < -0.3 is 9.64 Å². The van der Waals surface area contributed by atoms with E-state index in [0.29, 0.717) is 12.1 Å². The molecule has 0 aliphatic carbocycles. The molecule has 0 radical (unpaired) electrons. The number of fused-ring (bicyclic) bond motifs is 2. The van der Waals surface area contributed by atoms with Gasteiger partial charge >= 0.3 is 0 Å². The lowest BCUT2D eigenvalue weighted by Crippen LogP contribution is -2.39. The van der Waals surface area contributed by atoms with Crippen molar-refractivity contribution < 1.29 is 9.53 Å². The van der Waals surface area contributed by atoms with Crippen LogP contribution in [0.5, 0.6) is 5.75 Å². The number of amides is 1. The average molecular weight is 464 g/mol. The van der Waals surface area contributed by atoms with Gasteiger partial charge in [-0.15, -0.1) is 10.2 Å². The topological polar surface area (TPSA) is 72.6 Å². The second kappa shape index (κ2) is 8.83. The van der Waals surface area contributed by atoms with E-state index in [-0.39, 0.29) is 11.8 Å². The molecule has 0 N–H and O–H groups in total. The van der Waals surface area contributed by atoms with Crippen molar-refractivity contribution in [3.05, 3.63) is 90.4 Å². The number of para-hydroxylation sites is 1. The molecule has 7 heteroatoms. The number of aromatic nitrogens is 4. The van der Waals surface area contributed by atoms with Crippen LogP contribution >= 0.6 is 0 Å². The van der Waals surface area contributed by atoms with Crippen molar-refractivity contribution in [1.82, 2.24) is 24.5 Å². The maximum absolute atomic E-state index is 13.9. The van der Waals surface area contributed by atoms with Crippen LogP contribution in [0, 0.1) is 0 Å². The molecule has 4 heterocycles. The normalized spacial score (nSPS) is 16.0. The molecule has 1 fully saturated rings. The predicted molar refractivity (Wildman–Crippen MR) is 135 cm³/mol. The Morgan fingerprint density at radius 3 is 2.69 bits per heavy atom. The molecule has 1 saturated heterocycles. The van der Waals surface area contributed by atoms with Gasteiger partial charge in [0.25, 0.3) is 5.91 Å². The number of rotatable bonds is 4. The molecule has 1 atom stereocenters. The number of benzene rings is 2. The van der Waals surface area contributed by atoms with Crippen LogP contribution in [0.25, 0.3) is 27.8 Å². The van der Waals surface area contributed by atoms with Crippen LogP contribution in [0.1, 0.15) is 34.9 Å². The van der Waals surface area contributed by atoms with Crippen LogP contribution < -0.4 is 4.74 Å². The maximum atomic E-state index is 13.9. The van der Waals surface area contributed by atoms with E-state index in [1.54, 1.807) is 7.11 Å². The Bertz CT molecular complexity index is 1530. The fourth-order valence-electron chi connectivity index (χ4n) is 4.94. The van der Waals surface area contributed by atoms with Crippen molar-refractivity contribution in [3.63, 3.8) is 0 Å². The van der Waals surface area contributed by atoms with Crippen LogP contribution in [0.2, 0.25) is 0 Å². The number of carbonyl (C=O) groups is 1. The summed E-state index contributed by atoms with van der Waals surface area (Å²) in [4.78, 5) is 20.7. The lowest BCUT2D eigenvalue weighted by molar-refractivity contribution is 0.0706. The van der Waals surface area contributed by atoms with E-state index in [0.717, 1.165) is 58.8 Å². The fourth-order valence-corrected chi connectivity index (χ4v) is 4.94. The van der Waals surface area contributed by atoms with E-state index >= 15 is 0 Å². The van der Waals surface area contributed by atoms with Gasteiger partial charge in [0, 0.05) is 36.2 Å². The SMILES string of the molecule is COc1ccc(-c2cc(C(=O)N3CCC[C@@H](c4nnc5ccccn45)C3)c3ccccc3n2)cc1. The van der Waals surface area contributed by atoms with Crippen molar-refractivity contribution in [2.75, 3.05) is 20.2 Å². The number of ether oxygens (including phenoxy) is 1. The molecular weight excluding hydrogens is 438 g/mol. The highest BCUT2D eigenvalue weighted by Crippen LogP contribution is 2.30. The summed E-state index contributed by atoms with van der Waals surface area (Å²) in [5, 5.41) is 9.64. The zero-order chi connectivity index (χ0) is 23.8. The number of likely N-dealkylation sites (tertiary alicyclic amines) is 1. The first kappa shape index (κ1) is 21.3. The van der Waals surface area contributed by atoms with E-state index in [9.17, 15) is 4.79 Å². The van der Waals surface area contributed by atoms with Gasteiger partial charge in [0.2, 0.25) is 0 Å². The number of pyridine rings is 2. The molecule has 0 spiro atoms. The van der Waals surface area contributed by atoms with Gasteiger partial charge in [-0.3, -0.25) is 9.20 Å². The molecule has 35 heavy (non-hydrogen) atoms. The number of piperidine rings is 1. The van der Waals surface area contributed by atoms with Crippen LogP contribution in [-0.4, -0.2) is 50.6 Å². The van der Waals surface area contributed by atoms with E-state index in [1.807, 2.05) is 88.3 Å². The molecule has 1 aliphatic rings. The number of hydrogen-bond acceptors (Lipinski definition) is 5. The molecule has 7 nitrogen and oxygen atoms in total. The largest absolute Gasteiger partial charge is 0.497 e. The Kier molecular flexibility index (Phi) is 5.37. The maximum Gasteiger partial charge on any atom is 0.254 e. The Morgan fingerprint density at radius 2 is 1.83 bits per heavy atom. The minimum absolute atomic E-state index is 0.0249. The van der Waals surface area contributed by atoms with E-state index < -0.39 is 0 Å². The third-order valence-electron chi connectivity index (χ3n) is 6.75. The number of hydrogen-bond donors (Lipinski definition) is 0. The first-order chi connectivity index (χ1) is 17.2. The lowest BCUT2D eigenvalue weighted by Gasteiger charge is -2.32. The van der Waals surface area contributed by atoms with Crippen LogP contribution in [0.4, 0.5) is 0 Å². The van der Waals surface area contributed by atoms with Gasteiger partial charge in [-0.1, -0.05) is 24.3 Å². The summed E-state index contributed by atoms with van der Waals surface area (Å²) in [6, 6.07) is 23.4. The van der Waals surface area contributed by atoms with Crippen molar-refractivity contribution >= 4 is 22.5 Å². The lowest BCUT2D eigenvalue weighted by atomic mass is 9.95. The summed E-state index contributed by atoms with van der Waals surface area (Å²) in [6.07, 6.45) is 3.89. The molecule has 5 aromatic rings. The first-order valence-corrected chi connectivity index (χ1v) is 11.8. The Morgan fingerprint density at radius 1 is 1.00 bits per heavy atom. The van der Waals surface area contributed by atoms with E-state index in [1.165, 1.54) is 0 Å². The molecule has 0 unspecified atom stereocenters. The second-order valence-corrected chi connectivity index (χ2v) is 8.88. The summed E-state index contributed by atoms with van der Waals surface area (Å²) >= 11 is 0. The standard InChI is InChI=1S/C28H25N5O2/c1-35-21-13-11-19(12-14-21)25-17-23(22-8-2-3-9-24(22)29-25)28(34)32-15-6-7-20(18-32)27-31-30-26-10-4-5-16-33(26)27/h2-5,8-14,16-17,20H,6-7,15,18H2,1H3/t20-/m1/s1. The van der Waals surface area contributed by atoms with Gasteiger partial charge in [-0.05, 0) is 61.4 Å². The molecule has 3 aromatic heterocycles. The van der Waals surface area contributed by atoms with Crippen molar-refractivity contribution in [2.24, 2.45) is 0 Å². The summed E-state index contributed by atoms with van der Waals surface area (Å²) in [5.41, 5.74) is 4.02. The molecule has 6 rings (SSSR count).